The molecule has 3 nitrogen and oxygen atoms in total. The molecule has 0 aliphatic carbocycles. The van der Waals surface area contributed by atoms with Crippen LogP contribution >= 0.6 is 0 Å². The first kappa shape index (κ1) is 9.26. The number of carbonyl (C=O) groups is 1. The second-order valence-electron chi connectivity index (χ2n) is 3.14. The first-order valence-electron chi connectivity index (χ1n) is 4.32. The van der Waals surface area contributed by atoms with Crippen molar-refractivity contribution in [3.8, 4) is 0 Å². The predicted molar refractivity (Wildman–Crippen MR) is 47.0 cm³/mol. The van der Waals surface area contributed by atoms with Gasteiger partial charge < -0.3 is 5.11 Å². The van der Waals surface area contributed by atoms with Crippen molar-refractivity contribution in [1.82, 2.24) is 4.90 Å². The highest BCUT2D eigenvalue weighted by molar-refractivity contribution is 5.67. The molecule has 0 aromatic rings. The summed E-state index contributed by atoms with van der Waals surface area (Å²) in [5.74, 6) is -0.744. The molecule has 1 heterocycles. The van der Waals surface area contributed by atoms with Gasteiger partial charge in [0.1, 0.15) is 0 Å². The fourth-order valence-corrected chi connectivity index (χ4v) is 1.61. The lowest BCUT2D eigenvalue weighted by atomic mass is 10.2. The highest BCUT2D eigenvalue weighted by atomic mass is 16.4. The lowest BCUT2D eigenvalue weighted by molar-refractivity contribution is -0.137. The molecule has 3 heteroatoms. The zero-order valence-electron chi connectivity index (χ0n) is 7.20. The van der Waals surface area contributed by atoms with Crippen molar-refractivity contribution < 1.29 is 9.90 Å². The second-order valence-corrected chi connectivity index (χ2v) is 3.14. The fourth-order valence-electron chi connectivity index (χ4n) is 1.61. The molecule has 1 aliphatic heterocycles. The fraction of sp³-hybridized carbons (Fsp3) is 0.667. The topological polar surface area (TPSA) is 40.5 Å². The van der Waals surface area contributed by atoms with Gasteiger partial charge in [0.15, 0.2) is 0 Å². The maximum absolute atomic E-state index is 10.5. The van der Waals surface area contributed by atoms with Crippen LogP contribution in [0.1, 0.15) is 19.3 Å². The van der Waals surface area contributed by atoms with Gasteiger partial charge in [0.05, 0.1) is 6.42 Å². The summed E-state index contributed by atoms with van der Waals surface area (Å²) in [5.41, 5.74) is 0. The van der Waals surface area contributed by atoms with Crippen molar-refractivity contribution in [3.05, 3.63) is 12.7 Å². The van der Waals surface area contributed by atoms with Crippen LogP contribution in [0, 0.1) is 0 Å². The van der Waals surface area contributed by atoms with Gasteiger partial charge in [-0.3, -0.25) is 9.69 Å². The summed E-state index contributed by atoms with van der Waals surface area (Å²) in [6.45, 7) is 5.69. The highest BCUT2D eigenvalue weighted by Crippen LogP contribution is 2.14. The zero-order chi connectivity index (χ0) is 8.97. The van der Waals surface area contributed by atoms with Crippen LogP contribution in [0.2, 0.25) is 0 Å². The first-order chi connectivity index (χ1) is 5.74. The summed E-state index contributed by atoms with van der Waals surface area (Å²) >= 11 is 0. The van der Waals surface area contributed by atoms with E-state index in [2.05, 4.69) is 11.5 Å². The molecule has 1 rings (SSSR count). The van der Waals surface area contributed by atoms with Gasteiger partial charge in [-0.25, -0.2) is 0 Å². The van der Waals surface area contributed by atoms with Crippen LogP contribution in [0.15, 0.2) is 12.7 Å². The Hall–Kier alpha value is -0.830. The second kappa shape index (κ2) is 4.26. The number of carboxylic acids is 1. The molecular weight excluding hydrogens is 154 g/mol. The Balaban J connectivity index is 2.42. The number of carboxylic acid groups (broad SMARTS) is 1. The van der Waals surface area contributed by atoms with Crippen LogP contribution in [-0.2, 0) is 4.79 Å². The molecule has 1 saturated heterocycles. The van der Waals surface area contributed by atoms with E-state index in [0.717, 1.165) is 13.1 Å². The van der Waals surface area contributed by atoms with E-state index in [1.54, 1.807) is 6.08 Å². The molecule has 1 atom stereocenters. The molecule has 0 aromatic carbocycles. The van der Waals surface area contributed by atoms with Crippen molar-refractivity contribution in [2.75, 3.05) is 13.1 Å². The van der Waals surface area contributed by atoms with Gasteiger partial charge >= 0.3 is 5.97 Å². The monoisotopic (exact) mass is 169 g/mol. The number of hydrogen-bond acceptors (Lipinski definition) is 2. The van der Waals surface area contributed by atoms with Gasteiger partial charge in [-0.1, -0.05) is 6.08 Å². The molecule has 0 saturated carbocycles. The Morgan fingerprint density at radius 1 is 1.58 bits per heavy atom. The van der Waals surface area contributed by atoms with Crippen molar-refractivity contribution in [3.63, 3.8) is 0 Å². The van der Waals surface area contributed by atoms with Crippen LogP contribution in [0.3, 0.4) is 0 Å². The van der Waals surface area contributed by atoms with Crippen molar-refractivity contribution >= 4 is 5.97 Å². The Labute approximate surface area is 72.7 Å². The molecule has 68 valence electrons. The predicted octanol–water partition coefficient (Wildman–Crippen LogP) is 1.11. The van der Waals surface area contributed by atoms with E-state index in [0.29, 0.717) is 0 Å². The minimum absolute atomic E-state index is 0.0324. The summed E-state index contributed by atoms with van der Waals surface area (Å²) in [6.07, 6.45) is 4.29. The Bertz CT molecular complexity index is 173. The van der Waals surface area contributed by atoms with Gasteiger partial charge in [-0.05, 0) is 25.9 Å². The van der Waals surface area contributed by atoms with Crippen LogP contribution < -0.4 is 0 Å². The summed E-state index contributed by atoms with van der Waals surface area (Å²) < 4.78 is 0. The van der Waals surface area contributed by atoms with Crippen LogP contribution in [-0.4, -0.2) is 35.1 Å². The normalized spacial score (nSPS) is 20.7. The van der Waals surface area contributed by atoms with Crippen molar-refractivity contribution in [2.45, 2.75) is 25.3 Å². The summed E-state index contributed by atoms with van der Waals surface area (Å²) in [6, 6.07) is 0.0324. The van der Waals surface area contributed by atoms with Gasteiger partial charge in [0, 0.05) is 6.04 Å². The summed E-state index contributed by atoms with van der Waals surface area (Å²) in [4.78, 5) is 12.6. The largest absolute Gasteiger partial charge is 0.481 e. The van der Waals surface area contributed by atoms with E-state index in [-0.39, 0.29) is 12.5 Å². The molecule has 0 amide bonds. The van der Waals surface area contributed by atoms with Gasteiger partial charge in [-0.2, -0.15) is 0 Å². The Morgan fingerprint density at radius 2 is 2.17 bits per heavy atom. The van der Waals surface area contributed by atoms with E-state index in [9.17, 15) is 4.79 Å². The highest BCUT2D eigenvalue weighted by Gasteiger charge is 2.20. The number of aliphatic carboxylic acids is 1. The number of rotatable bonds is 4. The Morgan fingerprint density at radius 3 is 2.58 bits per heavy atom. The molecule has 1 N–H and O–H groups in total. The average molecular weight is 169 g/mol. The third kappa shape index (κ3) is 2.34. The minimum atomic E-state index is -0.744. The van der Waals surface area contributed by atoms with E-state index in [1.165, 1.54) is 12.8 Å². The standard InChI is InChI=1S/C9H15NO2/c1-2-8(7-9(11)12)10-5-3-4-6-10/h2,8H,1,3-7H2,(H,11,12). The maximum atomic E-state index is 10.5. The van der Waals surface area contributed by atoms with Gasteiger partial charge in [-0.15, -0.1) is 6.58 Å². The number of hydrogen-bond donors (Lipinski definition) is 1. The molecule has 1 unspecified atom stereocenters. The third-order valence-corrected chi connectivity index (χ3v) is 2.27. The number of nitrogens with zero attached hydrogens (tertiary/aromatic N) is 1. The van der Waals surface area contributed by atoms with Gasteiger partial charge in [0.2, 0.25) is 0 Å². The molecule has 0 bridgehead atoms. The zero-order valence-corrected chi connectivity index (χ0v) is 7.20. The van der Waals surface area contributed by atoms with E-state index in [1.807, 2.05) is 0 Å². The first-order valence-corrected chi connectivity index (χ1v) is 4.32. The average Bonchev–Trinajstić information content (AvgIpc) is 2.51. The molecular formula is C9H15NO2. The Kier molecular flexibility index (Phi) is 3.29. The van der Waals surface area contributed by atoms with Crippen LogP contribution in [0.4, 0.5) is 0 Å². The molecule has 1 fully saturated rings. The smallest absolute Gasteiger partial charge is 0.305 e. The van der Waals surface area contributed by atoms with E-state index in [4.69, 9.17) is 5.11 Å². The lowest BCUT2D eigenvalue weighted by Crippen LogP contribution is -2.32. The SMILES string of the molecule is C=CC(CC(=O)O)N1CCCC1. The lowest BCUT2D eigenvalue weighted by Gasteiger charge is -2.22. The molecule has 0 aromatic heterocycles. The molecule has 0 radical (unpaired) electrons. The van der Waals surface area contributed by atoms with Crippen LogP contribution in [0.5, 0.6) is 0 Å². The maximum Gasteiger partial charge on any atom is 0.305 e. The van der Waals surface area contributed by atoms with Gasteiger partial charge in [0.25, 0.3) is 0 Å². The summed E-state index contributed by atoms with van der Waals surface area (Å²) in [7, 11) is 0. The molecule has 12 heavy (non-hydrogen) atoms. The summed E-state index contributed by atoms with van der Waals surface area (Å²) in [5, 5.41) is 8.60. The molecule has 0 spiro atoms. The minimum Gasteiger partial charge on any atom is -0.481 e. The van der Waals surface area contributed by atoms with E-state index >= 15 is 0 Å². The van der Waals surface area contributed by atoms with Crippen molar-refractivity contribution in [2.24, 2.45) is 0 Å². The van der Waals surface area contributed by atoms with Crippen molar-refractivity contribution in [1.29, 1.82) is 0 Å². The van der Waals surface area contributed by atoms with E-state index < -0.39 is 5.97 Å². The molecule has 1 aliphatic rings. The quantitative estimate of drug-likeness (QED) is 0.641. The third-order valence-electron chi connectivity index (χ3n) is 2.27. The number of likely N-dealkylation sites (tertiary alicyclic amines) is 1. The van der Waals surface area contributed by atoms with Crippen LogP contribution in [0.25, 0.3) is 0 Å².